The Balaban J connectivity index is 2.91. The van der Waals surface area contributed by atoms with E-state index in [2.05, 4.69) is 16.0 Å². The average molecular weight is 267 g/mol. The molecule has 1 amide bonds. The Morgan fingerprint density at radius 1 is 1.39 bits per heavy atom. The fourth-order valence-corrected chi connectivity index (χ4v) is 1.67. The van der Waals surface area contributed by atoms with Crippen LogP contribution in [0.2, 0.25) is 0 Å². The number of hydrogen-bond donors (Lipinski definition) is 3. The van der Waals surface area contributed by atoms with Gasteiger partial charge in [-0.15, -0.1) is 0 Å². The van der Waals surface area contributed by atoms with E-state index < -0.39 is 0 Å². The predicted molar refractivity (Wildman–Crippen MR) is 77.2 cm³/mol. The number of thiocarbonyl (C=S) groups is 1. The van der Waals surface area contributed by atoms with Crippen molar-refractivity contribution in [1.29, 1.82) is 0 Å². The summed E-state index contributed by atoms with van der Waals surface area (Å²) >= 11 is 5.11. The highest BCUT2D eigenvalue weighted by Gasteiger charge is 2.06. The molecule has 0 bridgehead atoms. The molecule has 0 aliphatic rings. The van der Waals surface area contributed by atoms with Crippen molar-refractivity contribution >= 4 is 34.6 Å². The van der Waals surface area contributed by atoms with Crippen LogP contribution < -0.4 is 20.7 Å². The lowest BCUT2D eigenvalue weighted by Crippen LogP contribution is -2.28. The van der Waals surface area contributed by atoms with Crippen LogP contribution in [-0.4, -0.2) is 24.7 Å². The lowest BCUT2D eigenvalue weighted by molar-refractivity contribution is -0.114. The smallest absolute Gasteiger partial charge is 0.221 e. The van der Waals surface area contributed by atoms with Crippen molar-refractivity contribution < 1.29 is 9.53 Å². The van der Waals surface area contributed by atoms with Gasteiger partial charge in [0.2, 0.25) is 5.91 Å². The monoisotopic (exact) mass is 267 g/mol. The first kappa shape index (κ1) is 14.2. The van der Waals surface area contributed by atoms with Crippen molar-refractivity contribution in [2.24, 2.45) is 0 Å². The number of methoxy groups -OCH3 is 1. The predicted octanol–water partition coefficient (Wildman–Crippen LogP) is 1.96. The average Bonchev–Trinajstić information content (AvgIpc) is 2.28. The zero-order valence-electron chi connectivity index (χ0n) is 10.7. The first-order chi connectivity index (χ1) is 8.56. The molecule has 1 rings (SSSR count). The van der Waals surface area contributed by atoms with Crippen LogP contribution in [0.15, 0.2) is 18.2 Å². The molecule has 0 aliphatic carbocycles. The normalized spacial score (nSPS) is 9.50. The molecule has 6 heteroatoms. The third-order valence-corrected chi connectivity index (χ3v) is 2.35. The van der Waals surface area contributed by atoms with Crippen LogP contribution >= 0.6 is 12.2 Å². The Kier molecular flexibility index (Phi) is 5.38. The molecule has 3 N–H and O–H groups in total. The van der Waals surface area contributed by atoms with E-state index in [0.717, 1.165) is 6.54 Å². The minimum atomic E-state index is -0.125. The summed E-state index contributed by atoms with van der Waals surface area (Å²) in [5, 5.41) is 9.22. The standard InChI is InChI=1S/C12H17N3O2S/c1-4-13-12(18)15-10-7-9(14-8(2)16)5-6-11(10)17-3/h5-7H,4H2,1-3H3,(H,14,16)(H2,13,15,18). The Hall–Kier alpha value is -1.82. The van der Waals surface area contributed by atoms with Gasteiger partial charge in [0, 0.05) is 19.2 Å². The molecular weight excluding hydrogens is 250 g/mol. The third kappa shape index (κ3) is 4.21. The van der Waals surface area contributed by atoms with E-state index in [0.29, 0.717) is 22.2 Å². The first-order valence-corrected chi connectivity index (χ1v) is 5.98. The van der Waals surface area contributed by atoms with E-state index in [1.807, 2.05) is 6.92 Å². The molecule has 0 aliphatic heterocycles. The highest BCUT2D eigenvalue weighted by Crippen LogP contribution is 2.27. The maximum Gasteiger partial charge on any atom is 0.221 e. The van der Waals surface area contributed by atoms with Crippen molar-refractivity contribution in [3.8, 4) is 5.75 Å². The summed E-state index contributed by atoms with van der Waals surface area (Å²) in [6.07, 6.45) is 0. The van der Waals surface area contributed by atoms with Gasteiger partial charge in [-0.1, -0.05) is 0 Å². The Labute approximate surface area is 112 Å². The molecule has 0 spiro atoms. The molecule has 0 saturated carbocycles. The highest BCUT2D eigenvalue weighted by molar-refractivity contribution is 7.80. The largest absolute Gasteiger partial charge is 0.495 e. The van der Waals surface area contributed by atoms with E-state index in [4.69, 9.17) is 17.0 Å². The van der Waals surface area contributed by atoms with E-state index in [1.165, 1.54) is 6.92 Å². The van der Waals surface area contributed by atoms with Crippen LogP contribution in [0.25, 0.3) is 0 Å². The summed E-state index contributed by atoms with van der Waals surface area (Å²) in [5.41, 5.74) is 1.39. The number of carbonyl (C=O) groups excluding carboxylic acids is 1. The third-order valence-electron chi connectivity index (χ3n) is 2.11. The van der Waals surface area contributed by atoms with Gasteiger partial charge in [-0.3, -0.25) is 4.79 Å². The fraction of sp³-hybridized carbons (Fsp3) is 0.333. The zero-order valence-corrected chi connectivity index (χ0v) is 11.5. The van der Waals surface area contributed by atoms with Crippen molar-refractivity contribution in [1.82, 2.24) is 5.32 Å². The molecule has 0 heterocycles. The molecule has 1 aromatic rings. The van der Waals surface area contributed by atoms with Crippen LogP contribution in [0.4, 0.5) is 11.4 Å². The van der Waals surface area contributed by atoms with E-state index >= 15 is 0 Å². The number of benzene rings is 1. The Bertz CT molecular complexity index is 449. The van der Waals surface area contributed by atoms with Gasteiger partial charge in [-0.2, -0.15) is 0 Å². The van der Waals surface area contributed by atoms with Gasteiger partial charge >= 0.3 is 0 Å². The summed E-state index contributed by atoms with van der Waals surface area (Å²) in [6.45, 7) is 4.15. The maximum absolute atomic E-state index is 11.0. The van der Waals surface area contributed by atoms with Gasteiger partial charge < -0.3 is 20.7 Å². The van der Waals surface area contributed by atoms with Gasteiger partial charge in [0.1, 0.15) is 5.75 Å². The molecule has 98 valence electrons. The summed E-state index contributed by atoms with van der Waals surface area (Å²) < 4.78 is 5.22. The van der Waals surface area contributed by atoms with Crippen molar-refractivity contribution in [3.63, 3.8) is 0 Å². The van der Waals surface area contributed by atoms with Crippen LogP contribution in [0.1, 0.15) is 13.8 Å². The second-order valence-corrected chi connectivity index (χ2v) is 3.99. The molecule has 0 fully saturated rings. The number of carbonyl (C=O) groups is 1. The summed E-state index contributed by atoms with van der Waals surface area (Å²) in [4.78, 5) is 11.0. The molecule has 5 nitrogen and oxygen atoms in total. The summed E-state index contributed by atoms with van der Waals surface area (Å²) in [6, 6.07) is 5.30. The van der Waals surface area contributed by atoms with Gasteiger partial charge in [-0.05, 0) is 37.3 Å². The SMILES string of the molecule is CCNC(=S)Nc1cc(NC(C)=O)ccc1OC. The van der Waals surface area contributed by atoms with Crippen molar-refractivity contribution in [2.45, 2.75) is 13.8 Å². The topological polar surface area (TPSA) is 62.4 Å². The van der Waals surface area contributed by atoms with Gasteiger partial charge in [0.25, 0.3) is 0 Å². The van der Waals surface area contributed by atoms with Crippen molar-refractivity contribution in [3.05, 3.63) is 18.2 Å². The lowest BCUT2D eigenvalue weighted by atomic mass is 10.2. The van der Waals surface area contributed by atoms with Crippen LogP contribution in [0.3, 0.4) is 0 Å². The lowest BCUT2D eigenvalue weighted by Gasteiger charge is -2.14. The van der Waals surface area contributed by atoms with Crippen molar-refractivity contribution in [2.75, 3.05) is 24.3 Å². The van der Waals surface area contributed by atoms with Gasteiger partial charge in [-0.25, -0.2) is 0 Å². The second kappa shape index (κ2) is 6.80. The molecule has 0 saturated heterocycles. The van der Waals surface area contributed by atoms with E-state index in [-0.39, 0.29) is 5.91 Å². The molecule has 18 heavy (non-hydrogen) atoms. The molecule has 0 radical (unpaired) electrons. The van der Waals surface area contributed by atoms with Crippen LogP contribution in [0, 0.1) is 0 Å². The quantitative estimate of drug-likeness (QED) is 0.728. The number of rotatable bonds is 4. The molecular formula is C12H17N3O2S. The van der Waals surface area contributed by atoms with E-state index in [9.17, 15) is 4.79 Å². The second-order valence-electron chi connectivity index (χ2n) is 3.58. The fourth-order valence-electron chi connectivity index (χ4n) is 1.41. The minimum Gasteiger partial charge on any atom is -0.495 e. The summed E-state index contributed by atoms with van der Waals surface area (Å²) in [7, 11) is 1.58. The summed E-state index contributed by atoms with van der Waals surface area (Å²) in [5.74, 6) is 0.532. The molecule has 1 aromatic carbocycles. The molecule has 0 unspecified atom stereocenters. The number of nitrogens with one attached hydrogen (secondary N) is 3. The minimum absolute atomic E-state index is 0.125. The number of ether oxygens (including phenoxy) is 1. The van der Waals surface area contributed by atoms with Gasteiger partial charge in [0.15, 0.2) is 5.11 Å². The molecule has 0 aromatic heterocycles. The number of amides is 1. The molecule has 0 atom stereocenters. The van der Waals surface area contributed by atoms with Crippen LogP contribution in [-0.2, 0) is 4.79 Å². The zero-order chi connectivity index (χ0) is 13.5. The van der Waals surface area contributed by atoms with Crippen LogP contribution in [0.5, 0.6) is 5.75 Å². The number of anilines is 2. The highest BCUT2D eigenvalue weighted by atomic mass is 32.1. The first-order valence-electron chi connectivity index (χ1n) is 5.57. The van der Waals surface area contributed by atoms with Gasteiger partial charge in [0.05, 0.1) is 12.8 Å². The van der Waals surface area contributed by atoms with E-state index in [1.54, 1.807) is 25.3 Å². The number of hydrogen-bond acceptors (Lipinski definition) is 3. The maximum atomic E-state index is 11.0. The Morgan fingerprint density at radius 3 is 2.67 bits per heavy atom. The Morgan fingerprint density at radius 2 is 2.11 bits per heavy atom.